The van der Waals surface area contributed by atoms with Gasteiger partial charge in [-0.15, -0.1) is 0 Å². The van der Waals surface area contributed by atoms with Crippen LogP contribution in [0.3, 0.4) is 0 Å². The Morgan fingerprint density at radius 3 is 2.83 bits per heavy atom. The molecule has 3 atom stereocenters. The number of pyridine rings is 2. The van der Waals surface area contributed by atoms with E-state index in [0.29, 0.717) is 29.9 Å². The Morgan fingerprint density at radius 2 is 2.03 bits per heavy atom. The molecule has 2 aliphatic heterocycles. The number of carbonyl (C=O) groups excluding carboxylic acids is 1. The molecule has 0 N–H and O–H groups in total. The number of hydrogen-bond acceptors (Lipinski definition) is 4. The number of aromatic nitrogens is 2. The Hall–Kier alpha value is -3.02. The maximum Gasteiger partial charge on any atom is 0.256 e. The predicted molar refractivity (Wildman–Crippen MR) is 107 cm³/mol. The van der Waals surface area contributed by atoms with Gasteiger partial charge in [0.05, 0.1) is 23.9 Å². The minimum Gasteiger partial charge on any atom is -0.477 e. The molecule has 3 unspecified atom stereocenters. The van der Waals surface area contributed by atoms with Crippen LogP contribution >= 0.6 is 0 Å². The highest BCUT2D eigenvalue weighted by molar-refractivity contribution is 6.05. The van der Waals surface area contributed by atoms with Gasteiger partial charge in [-0.2, -0.15) is 0 Å². The lowest BCUT2D eigenvalue weighted by molar-refractivity contribution is -0.00463. The summed E-state index contributed by atoms with van der Waals surface area (Å²) >= 11 is 0. The van der Waals surface area contributed by atoms with Gasteiger partial charge < -0.3 is 9.64 Å². The van der Waals surface area contributed by atoms with E-state index in [4.69, 9.17) is 4.74 Å². The van der Waals surface area contributed by atoms with Gasteiger partial charge in [-0.05, 0) is 49.3 Å². The van der Waals surface area contributed by atoms with E-state index in [2.05, 4.69) is 9.97 Å². The number of fused-ring (bicyclic) bond motifs is 4. The van der Waals surface area contributed by atoms with Crippen LogP contribution < -0.4 is 4.74 Å². The average Bonchev–Trinajstić information content (AvgIpc) is 2.78. The van der Waals surface area contributed by atoms with Crippen LogP contribution in [0.4, 0.5) is 4.39 Å². The number of nitrogens with zero attached hydrogens (tertiary/aromatic N) is 3. The number of rotatable bonds is 4. The summed E-state index contributed by atoms with van der Waals surface area (Å²) in [4.78, 5) is 23.8. The summed E-state index contributed by atoms with van der Waals surface area (Å²) in [5, 5.41) is 0.985. The Balaban J connectivity index is 1.29. The summed E-state index contributed by atoms with van der Waals surface area (Å²) in [6.45, 7) is 1.30. The summed E-state index contributed by atoms with van der Waals surface area (Å²) in [5.74, 6) is 0.944. The van der Waals surface area contributed by atoms with Crippen molar-refractivity contribution in [1.82, 2.24) is 14.9 Å². The highest BCUT2D eigenvalue weighted by Gasteiger charge is 2.43. The number of ether oxygens (including phenoxy) is 1. The summed E-state index contributed by atoms with van der Waals surface area (Å²) in [6.07, 6.45) is 5.96. The molecule has 2 bridgehead atoms. The van der Waals surface area contributed by atoms with Gasteiger partial charge in [0.2, 0.25) is 5.88 Å². The molecular formula is C23H22FN3O2. The van der Waals surface area contributed by atoms with Gasteiger partial charge >= 0.3 is 0 Å². The molecule has 2 saturated heterocycles. The lowest BCUT2D eigenvalue weighted by atomic mass is 9.72. The topological polar surface area (TPSA) is 55.3 Å². The third-order valence-electron chi connectivity index (χ3n) is 6.25. The monoisotopic (exact) mass is 391 g/mol. The second-order valence-electron chi connectivity index (χ2n) is 7.95. The number of piperidine rings is 2. The van der Waals surface area contributed by atoms with Crippen molar-refractivity contribution in [1.29, 1.82) is 0 Å². The second-order valence-corrected chi connectivity index (χ2v) is 7.95. The largest absolute Gasteiger partial charge is 0.477 e. The Bertz CT molecular complexity index is 1030. The number of carbonyl (C=O) groups is 1. The molecule has 1 saturated carbocycles. The van der Waals surface area contributed by atoms with Gasteiger partial charge in [0, 0.05) is 30.2 Å². The van der Waals surface area contributed by atoms with Gasteiger partial charge in [-0.1, -0.05) is 18.2 Å². The molecule has 6 rings (SSSR count). The minimum atomic E-state index is -0.369. The smallest absolute Gasteiger partial charge is 0.256 e. The van der Waals surface area contributed by atoms with Crippen LogP contribution in [-0.2, 0) is 0 Å². The molecular weight excluding hydrogens is 369 g/mol. The lowest BCUT2D eigenvalue weighted by Gasteiger charge is -2.49. The maximum atomic E-state index is 13.3. The van der Waals surface area contributed by atoms with Gasteiger partial charge in [-0.3, -0.25) is 9.78 Å². The average molecular weight is 391 g/mol. The first kappa shape index (κ1) is 18.0. The molecule has 4 heterocycles. The summed E-state index contributed by atoms with van der Waals surface area (Å²) < 4.78 is 18.8. The van der Waals surface area contributed by atoms with E-state index >= 15 is 0 Å². The van der Waals surface area contributed by atoms with Crippen LogP contribution in [-0.4, -0.2) is 40.0 Å². The summed E-state index contributed by atoms with van der Waals surface area (Å²) in [5.41, 5.74) is 1.45. The molecule has 0 spiro atoms. The van der Waals surface area contributed by atoms with Crippen molar-refractivity contribution in [2.24, 2.45) is 11.8 Å². The first-order chi connectivity index (χ1) is 14.2. The zero-order valence-electron chi connectivity index (χ0n) is 16.0. The van der Waals surface area contributed by atoms with Gasteiger partial charge in [0.1, 0.15) is 5.82 Å². The third-order valence-corrected chi connectivity index (χ3v) is 6.25. The van der Waals surface area contributed by atoms with Crippen LogP contribution in [0.1, 0.15) is 29.6 Å². The van der Waals surface area contributed by atoms with Crippen molar-refractivity contribution in [3.63, 3.8) is 0 Å². The molecule has 1 amide bonds. The third kappa shape index (κ3) is 3.43. The van der Waals surface area contributed by atoms with E-state index in [1.165, 1.54) is 12.3 Å². The first-order valence-corrected chi connectivity index (χ1v) is 10.1. The van der Waals surface area contributed by atoms with Crippen molar-refractivity contribution in [2.75, 3.05) is 13.2 Å². The molecule has 148 valence electrons. The van der Waals surface area contributed by atoms with Gasteiger partial charge in [0.25, 0.3) is 5.91 Å². The van der Waals surface area contributed by atoms with Crippen LogP contribution in [0, 0.1) is 17.7 Å². The minimum absolute atomic E-state index is 0.0727. The molecule has 3 fully saturated rings. The number of benzene rings is 1. The molecule has 3 aromatic rings. The maximum absolute atomic E-state index is 13.3. The van der Waals surface area contributed by atoms with E-state index < -0.39 is 0 Å². The van der Waals surface area contributed by atoms with Crippen molar-refractivity contribution in [3.05, 3.63) is 66.2 Å². The predicted octanol–water partition coefficient (Wildman–Crippen LogP) is 4.09. The van der Waals surface area contributed by atoms with Gasteiger partial charge in [0.15, 0.2) is 0 Å². The van der Waals surface area contributed by atoms with Crippen molar-refractivity contribution >= 4 is 16.8 Å². The van der Waals surface area contributed by atoms with E-state index in [1.54, 1.807) is 12.3 Å². The van der Waals surface area contributed by atoms with Gasteiger partial charge in [-0.25, -0.2) is 9.37 Å². The van der Waals surface area contributed by atoms with Crippen molar-refractivity contribution < 1.29 is 13.9 Å². The van der Waals surface area contributed by atoms with Crippen LogP contribution in [0.2, 0.25) is 0 Å². The Labute approximate surface area is 168 Å². The summed E-state index contributed by atoms with van der Waals surface area (Å²) in [6, 6.07) is 12.8. The number of amides is 1. The quantitative estimate of drug-likeness (QED) is 0.672. The molecule has 3 aliphatic rings. The molecule has 5 nitrogen and oxygen atoms in total. The highest BCUT2D eigenvalue weighted by atomic mass is 19.1. The lowest BCUT2D eigenvalue weighted by Crippen LogP contribution is -2.55. The Kier molecular flexibility index (Phi) is 4.62. The van der Waals surface area contributed by atoms with Crippen molar-refractivity contribution in [2.45, 2.75) is 25.3 Å². The number of hydrogen-bond donors (Lipinski definition) is 0. The first-order valence-electron chi connectivity index (χ1n) is 10.1. The standard InChI is InChI=1S/C23H22FN3O2/c24-18-7-9-21(26-12-18)29-14-17-11-19-8-6-16(17)13-27(19)23(28)20-5-1-3-15-4-2-10-25-22(15)20/h1-5,7,9-10,12,16-17,19H,6,8,11,13-14H2. The van der Waals surface area contributed by atoms with E-state index in [0.717, 1.165) is 36.7 Å². The molecule has 1 aromatic carbocycles. The number of halogens is 1. The van der Waals surface area contributed by atoms with E-state index in [-0.39, 0.29) is 17.8 Å². The van der Waals surface area contributed by atoms with E-state index in [9.17, 15) is 9.18 Å². The Morgan fingerprint density at radius 1 is 1.14 bits per heavy atom. The fraction of sp³-hybridized carbons (Fsp3) is 0.348. The van der Waals surface area contributed by atoms with E-state index in [1.807, 2.05) is 35.2 Å². The molecule has 1 aliphatic carbocycles. The highest BCUT2D eigenvalue weighted by Crippen LogP contribution is 2.40. The fourth-order valence-electron chi connectivity index (χ4n) is 4.75. The molecule has 29 heavy (non-hydrogen) atoms. The zero-order valence-corrected chi connectivity index (χ0v) is 16.0. The zero-order chi connectivity index (χ0) is 19.8. The van der Waals surface area contributed by atoms with Crippen LogP contribution in [0.25, 0.3) is 10.9 Å². The summed E-state index contributed by atoms with van der Waals surface area (Å²) in [7, 11) is 0. The fourth-order valence-corrected chi connectivity index (χ4v) is 4.75. The molecule has 0 radical (unpaired) electrons. The van der Waals surface area contributed by atoms with Crippen LogP contribution in [0.15, 0.2) is 54.9 Å². The molecule has 6 heteroatoms. The second kappa shape index (κ2) is 7.43. The number of para-hydroxylation sites is 1. The SMILES string of the molecule is O=C(c1cccc2cccnc12)N1CC2CCC1CC2COc1ccc(F)cn1. The normalized spacial score (nSPS) is 23.3. The van der Waals surface area contributed by atoms with Crippen molar-refractivity contribution in [3.8, 4) is 5.88 Å². The molecule has 2 aromatic heterocycles. The van der Waals surface area contributed by atoms with Crippen LogP contribution in [0.5, 0.6) is 5.88 Å².